The van der Waals surface area contributed by atoms with Crippen molar-refractivity contribution in [1.82, 2.24) is 24.5 Å². The van der Waals surface area contributed by atoms with Gasteiger partial charge in [-0.05, 0) is 26.0 Å². The summed E-state index contributed by atoms with van der Waals surface area (Å²) in [5.74, 6) is 0.419. The average molecular weight is 349 g/mol. The van der Waals surface area contributed by atoms with E-state index in [1.807, 2.05) is 57.4 Å². The molecule has 0 unspecified atom stereocenters. The molecule has 3 heterocycles. The molecule has 1 aromatic carbocycles. The number of nitrogens with one attached hydrogen (secondary N) is 2. The first kappa shape index (κ1) is 16.1. The number of para-hydroxylation sites is 1. The molecule has 0 radical (unpaired) electrons. The summed E-state index contributed by atoms with van der Waals surface area (Å²) >= 11 is 0. The molecule has 0 bridgehead atoms. The number of rotatable bonds is 3. The Hall–Kier alpha value is -3.42. The van der Waals surface area contributed by atoms with E-state index in [0.717, 1.165) is 22.6 Å². The van der Waals surface area contributed by atoms with Crippen molar-refractivity contribution < 1.29 is 4.79 Å². The Labute approximate surface area is 150 Å². The predicted octanol–water partition coefficient (Wildman–Crippen LogP) is 2.25. The van der Waals surface area contributed by atoms with Gasteiger partial charge in [0.1, 0.15) is 12.4 Å². The molecule has 0 aliphatic carbocycles. The molecule has 1 atom stereocenters. The SMILES string of the molecule is CC1=C(C(=O)Nc2ccccc2)[C@H](c2cn(C)nc2C)n2ncnc2N1. The molecule has 2 N–H and O–H groups in total. The number of fused-ring (bicyclic) bond motifs is 1. The fourth-order valence-corrected chi connectivity index (χ4v) is 3.28. The van der Waals surface area contributed by atoms with Gasteiger partial charge in [0.15, 0.2) is 0 Å². The van der Waals surface area contributed by atoms with Gasteiger partial charge in [-0.25, -0.2) is 4.68 Å². The van der Waals surface area contributed by atoms with Crippen molar-refractivity contribution >= 4 is 17.5 Å². The Morgan fingerprint density at radius 2 is 2.00 bits per heavy atom. The van der Waals surface area contributed by atoms with E-state index in [0.29, 0.717) is 11.5 Å². The van der Waals surface area contributed by atoms with Crippen LogP contribution in [0.3, 0.4) is 0 Å². The van der Waals surface area contributed by atoms with Crippen LogP contribution in [0.2, 0.25) is 0 Å². The number of amides is 1. The molecule has 1 aliphatic heterocycles. The van der Waals surface area contributed by atoms with Gasteiger partial charge >= 0.3 is 0 Å². The summed E-state index contributed by atoms with van der Waals surface area (Å²) in [6.07, 6.45) is 3.40. The third-order valence-corrected chi connectivity index (χ3v) is 4.42. The maximum Gasteiger partial charge on any atom is 0.255 e. The van der Waals surface area contributed by atoms with E-state index < -0.39 is 6.04 Å². The van der Waals surface area contributed by atoms with Crippen LogP contribution in [0.1, 0.15) is 24.2 Å². The third kappa shape index (κ3) is 2.65. The van der Waals surface area contributed by atoms with Crippen LogP contribution < -0.4 is 10.6 Å². The van der Waals surface area contributed by atoms with Crippen LogP contribution in [0.25, 0.3) is 0 Å². The van der Waals surface area contributed by atoms with Crippen LogP contribution in [0.15, 0.2) is 54.1 Å². The number of benzene rings is 1. The fourth-order valence-electron chi connectivity index (χ4n) is 3.28. The lowest BCUT2D eigenvalue weighted by Gasteiger charge is -2.28. The van der Waals surface area contributed by atoms with Gasteiger partial charge in [0, 0.05) is 30.2 Å². The summed E-state index contributed by atoms with van der Waals surface area (Å²) in [6.45, 7) is 3.80. The van der Waals surface area contributed by atoms with Crippen molar-refractivity contribution in [2.75, 3.05) is 10.6 Å². The Morgan fingerprint density at radius 3 is 2.69 bits per heavy atom. The number of aromatic nitrogens is 5. The number of hydrogen-bond acceptors (Lipinski definition) is 5. The number of nitrogens with zero attached hydrogens (tertiary/aromatic N) is 5. The van der Waals surface area contributed by atoms with Gasteiger partial charge in [0.25, 0.3) is 5.91 Å². The zero-order valence-electron chi connectivity index (χ0n) is 14.8. The Kier molecular flexibility index (Phi) is 3.80. The minimum absolute atomic E-state index is 0.185. The zero-order chi connectivity index (χ0) is 18.3. The van der Waals surface area contributed by atoms with E-state index in [4.69, 9.17) is 0 Å². The highest BCUT2D eigenvalue weighted by Gasteiger charge is 2.35. The van der Waals surface area contributed by atoms with E-state index in [1.54, 1.807) is 9.36 Å². The smallest absolute Gasteiger partial charge is 0.255 e. The summed E-state index contributed by atoms with van der Waals surface area (Å²) in [6, 6.07) is 8.99. The highest BCUT2D eigenvalue weighted by atomic mass is 16.1. The maximum atomic E-state index is 13.1. The molecule has 0 saturated heterocycles. The molecule has 2 aromatic heterocycles. The van der Waals surface area contributed by atoms with E-state index in [9.17, 15) is 4.79 Å². The molecule has 3 aromatic rings. The quantitative estimate of drug-likeness (QED) is 0.757. The number of carbonyl (C=O) groups is 1. The highest BCUT2D eigenvalue weighted by molar-refractivity contribution is 6.06. The molecular formula is C18H19N7O. The first-order chi connectivity index (χ1) is 12.5. The molecular weight excluding hydrogens is 330 g/mol. The summed E-state index contributed by atoms with van der Waals surface area (Å²) in [5, 5.41) is 14.9. The van der Waals surface area contributed by atoms with Crippen molar-refractivity contribution in [1.29, 1.82) is 0 Å². The zero-order valence-corrected chi connectivity index (χ0v) is 14.8. The maximum absolute atomic E-state index is 13.1. The van der Waals surface area contributed by atoms with Crippen LogP contribution >= 0.6 is 0 Å². The molecule has 0 fully saturated rings. The molecule has 26 heavy (non-hydrogen) atoms. The second-order valence-corrected chi connectivity index (χ2v) is 6.26. The standard InChI is InChI=1S/C18H19N7O/c1-11-14(9-24(3)23-11)16-15(12(2)21-18-19-10-20-25(16)18)17(26)22-13-7-5-4-6-8-13/h4-10,16H,1-3H3,(H,22,26)(H,19,20,21)/t16-/m0/s1. The number of anilines is 2. The molecule has 1 aliphatic rings. The normalized spacial score (nSPS) is 16.2. The van der Waals surface area contributed by atoms with E-state index in [1.165, 1.54) is 6.33 Å². The topological polar surface area (TPSA) is 89.7 Å². The van der Waals surface area contributed by atoms with Gasteiger partial charge in [0.05, 0.1) is 11.3 Å². The molecule has 8 nitrogen and oxygen atoms in total. The second kappa shape index (κ2) is 6.14. The van der Waals surface area contributed by atoms with Crippen LogP contribution in [0, 0.1) is 6.92 Å². The minimum atomic E-state index is -0.397. The predicted molar refractivity (Wildman–Crippen MR) is 97.5 cm³/mol. The van der Waals surface area contributed by atoms with Gasteiger partial charge in [-0.1, -0.05) is 18.2 Å². The lowest BCUT2D eigenvalue weighted by Crippen LogP contribution is -2.31. The molecule has 0 saturated carbocycles. The Morgan fingerprint density at radius 1 is 1.23 bits per heavy atom. The third-order valence-electron chi connectivity index (χ3n) is 4.42. The molecule has 132 valence electrons. The summed E-state index contributed by atoms with van der Waals surface area (Å²) < 4.78 is 3.46. The summed E-state index contributed by atoms with van der Waals surface area (Å²) in [4.78, 5) is 17.4. The summed E-state index contributed by atoms with van der Waals surface area (Å²) in [5.41, 5.74) is 3.83. The lowest BCUT2D eigenvalue weighted by molar-refractivity contribution is -0.113. The first-order valence-corrected chi connectivity index (χ1v) is 8.28. The van der Waals surface area contributed by atoms with Crippen molar-refractivity contribution in [3.63, 3.8) is 0 Å². The number of allylic oxidation sites excluding steroid dienone is 1. The lowest BCUT2D eigenvalue weighted by atomic mass is 9.95. The van der Waals surface area contributed by atoms with E-state index in [-0.39, 0.29) is 5.91 Å². The largest absolute Gasteiger partial charge is 0.328 e. The Bertz CT molecular complexity index is 1000. The van der Waals surface area contributed by atoms with Crippen molar-refractivity contribution in [3.05, 3.63) is 65.4 Å². The number of carbonyl (C=O) groups excluding carboxylic acids is 1. The monoisotopic (exact) mass is 349 g/mol. The van der Waals surface area contributed by atoms with E-state index >= 15 is 0 Å². The molecule has 1 amide bonds. The van der Waals surface area contributed by atoms with Gasteiger partial charge in [0.2, 0.25) is 5.95 Å². The van der Waals surface area contributed by atoms with Gasteiger partial charge in [-0.15, -0.1) is 0 Å². The van der Waals surface area contributed by atoms with Crippen molar-refractivity contribution in [3.8, 4) is 0 Å². The molecule has 0 spiro atoms. The number of hydrogen-bond donors (Lipinski definition) is 2. The van der Waals surface area contributed by atoms with Crippen LogP contribution in [0.4, 0.5) is 11.6 Å². The van der Waals surface area contributed by atoms with Gasteiger partial charge in [-0.3, -0.25) is 9.48 Å². The summed E-state index contributed by atoms with van der Waals surface area (Å²) in [7, 11) is 1.86. The average Bonchev–Trinajstić information content (AvgIpc) is 3.20. The van der Waals surface area contributed by atoms with Gasteiger partial charge < -0.3 is 10.6 Å². The number of aryl methyl sites for hydroxylation is 2. The second-order valence-electron chi connectivity index (χ2n) is 6.26. The highest BCUT2D eigenvalue weighted by Crippen LogP contribution is 2.36. The molecule has 8 heteroatoms. The van der Waals surface area contributed by atoms with E-state index in [2.05, 4.69) is 25.8 Å². The van der Waals surface area contributed by atoms with Crippen LogP contribution in [-0.2, 0) is 11.8 Å². The van der Waals surface area contributed by atoms with Gasteiger partial charge in [-0.2, -0.15) is 15.2 Å². The fraction of sp³-hybridized carbons (Fsp3) is 0.222. The van der Waals surface area contributed by atoms with Crippen LogP contribution in [0.5, 0.6) is 0 Å². The van der Waals surface area contributed by atoms with Crippen molar-refractivity contribution in [2.45, 2.75) is 19.9 Å². The van der Waals surface area contributed by atoms with Crippen molar-refractivity contribution in [2.24, 2.45) is 7.05 Å². The van der Waals surface area contributed by atoms with Crippen LogP contribution in [-0.4, -0.2) is 30.5 Å². The minimum Gasteiger partial charge on any atom is -0.328 e. The molecule has 4 rings (SSSR count). The Balaban J connectivity index is 1.80. The first-order valence-electron chi connectivity index (χ1n) is 8.28.